The minimum absolute atomic E-state index is 0.0839. The van der Waals surface area contributed by atoms with E-state index in [0.717, 1.165) is 5.69 Å². The number of ketones is 1. The van der Waals surface area contributed by atoms with E-state index in [1.54, 1.807) is 46.2 Å². The number of fused-ring (bicyclic) bond motifs is 1. The molecule has 0 unspecified atom stereocenters. The Labute approximate surface area is 190 Å². The van der Waals surface area contributed by atoms with Crippen LogP contribution in [0.5, 0.6) is 11.5 Å². The summed E-state index contributed by atoms with van der Waals surface area (Å²) in [7, 11) is 0. The average molecular weight is 452 g/mol. The number of carbonyl (C=O) groups is 2. The Hall–Kier alpha value is -3.32. The van der Waals surface area contributed by atoms with Crippen molar-refractivity contribution in [3.8, 4) is 17.2 Å². The number of nitrogens with zero attached hydrogens (tertiary/aromatic N) is 3. The van der Waals surface area contributed by atoms with Gasteiger partial charge >= 0.3 is 0 Å². The van der Waals surface area contributed by atoms with Gasteiger partial charge in [0.2, 0.25) is 0 Å². The monoisotopic (exact) mass is 451 g/mol. The summed E-state index contributed by atoms with van der Waals surface area (Å²) in [4.78, 5) is 27.7. The molecule has 0 atom stereocenters. The van der Waals surface area contributed by atoms with Gasteiger partial charge in [0.05, 0.1) is 22.5 Å². The zero-order valence-electron chi connectivity index (χ0n) is 17.4. The Kier molecular flexibility index (Phi) is 5.57. The zero-order chi connectivity index (χ0) is 22.1. The first kappa shape index (κ1) is 20.6. The maximum absolute atomic E-state index is 13.0. The SMILES string of the molecule is O=C(c1ccc2c(c1)OCCO2)C1CCN(C(=O)c2cnn(-c3ccccc3Cl)c2)CC1. The Morgan fingerprint density at radius 1 is 0.969 bits per heavy atom. The Morgan fingerprint density at radius 2 is 1.72 bits per heavy atom. The van der Waals surface area contributed by atoms with Crippen molar-refractivity contribution in [1.82, 2.24) is 14.7 Å². The van der Waals surface area contributed by atoms with E-state index < -0.39 is 0 Å². The fraction of sp³-hybridized carbons (Fsp3) is 0.292. The van der Waals surface area contributed by atoms with Crippen LogP contribution in [0.1, 0.15) is 33.6 Å². The molecule has 3 heterocycles. The van der Waals surface area contributed by atoms with Gasteiger partial charge in [0, 0.05) is 30.8 Å². The van der Waals surface area contributed by atoms with E-state index in [1.165, 1.54) is 0 Å². The van der Waals surface area contributed by atoms with Gasteiger partial charge in [0.25, 0.3) is 5.91 Å². The maximum Gasteiger partial charge on any atom is 0.257 e. The summed E-state index contributed by atoms with van der Waals surface area (Å²) in [5, 5.41) is 4.85. The molecule has 164 valence electrons. The van der Waals surface area contributed by atoms with E-state index in [9.17, 15) is 9.59 Å². The van der Waals surface area contributed by atoms with Crippen LogP contribution in [-0.4, -0.2) is 52.7 Å². The average Bonchev–Trinajstić information content (AvgIpc) is 3.33. The van der Waals surface area contributed by atoms with E-state index in [1.807, 2.05) is 18.2 Å². The summed E-state index contributed by atoms with van der Waals surface area (Å²) >= 11 is 6.23. The van der Waals surface area contributed by atoms with Gasteiger partial charge in [-0.05, 0) is 43.2 Å². The Balaban J connectivity index is 1.23. The van der Waals surface area contributed by atoms with E-state index in [4.69, 9.17) is 21.1 Å². The van der Waals surface area contributed by atoms with Crippen LogP contribution in [0.15, 0.2) is 54.9 Å². The number of aromatic nitrogens is 2. The first-order valence-electron chi connectivity index (χ1n) is 10.6. The van der Waals surface area contributed by atoms with E-state index in [-0.39, 0.29) is 17.6 Å². The van der Waals surface area contributed by atoms with Gasteiger partial charge < -0.3 is 14.4 Å². The van der Waals surface area contributed by atoms with Gasteiger partial charge in [-0.15, -0.1) is 0 Å². The molecule has 8 heteroatoms. The van der Waals surface area contributed by atoms with Crippen LogP contribution in [0, 0.1) is 5.92 Å². The first-order valence-corrected chi connectivity index (χ1v) is 11.0. The predicted molar refractivity (Wildman–Crippen MR) is 119 cm³/mol. The molecular weight excluding hydrogens is 430 g/mol. The molecule has 32 heavy (non-hydrogen) atoms. The molecule has 5 rings (SSSR count). The van der Waals surface area contributed by atoms with Crippen LogP contribution in [0.3, 0.4) is 0 Å². The molecule has 2 aromatic carbocycles. The molecule has 0 bridgehead atoms. The lowest BCUT2D eigenvalue weighted by Crippen LogP contribution is -2.40. The number of para-hydroxylation sites is 1. The zero-order valence-corrected chi connectivity index (χ0v) is 18.1. The number of halogens is 1. The van der Waals surface area contributed by atoms with Crippen LogP contribution in [0.4, 0.5) is 0 Å². The highest BCUT2D eigenvalue weighted by Crippen LogP contribution is 2.32. The van der Waals surface area contributed by atoms with E-state index in [0.29, 0.717) is 66.8 Å². The molecule has 2 aliphatic heterocycles. The van der Waals surface area contributed by atoms with Gasteiger partial charge in [-0.3, -0.25) is 9.59 Å². The molecule has 0 aliphatic carbocycles. The number of piperidine rings is 1. The summed E-state index contributed by atoms with van der Waals surface area (Å²) in [5.41, 5.74) is 1.85. The van der Waals surface area contributed by atoms with Crippen LogP contribution in [0.25, 0.3) is 5.69 Å². The molecule has 0 N–H and O–H groups in total. The number of hydrogen-bond donors (Lipinski definition) is 0. The Morgan fingerprint density at radius 3 is 2.50 bits per heavy atom. The number of Topliss-reactive ketones (excluding diaryl/α,β-unsaturated/α-hetero) is 1. The molecule has 1 amide bonds. The third kappa shape index (κ3) is 3.96. The van der Waals surface area contributed by atoms with Gasteiger partial charge in [0.15, 0.2) is 17.3 Å². The topological polar surface area (TPSA) is 73.7 Å². The van der Waals surface area contributed by atoms with Gasteiger partial charge in [0.1, 0.15) is 13.2 Å². The predicted octanol–water partition coefficient (Wildman–Crippen LogP) is 4.03. The lowest BCUT2D eigenvalue weighted by molar-refractivity contribution is 0.0650. The lowest BCUT2D eigenvalue weighted by Gasteiger charge is -2.31. The van der Waals surface area contributed by atoms with Crippen LogP contribution in [0.2, 0.25) is 5.02 Å². The molecular formula is C24H22ClN3O4. The molecule has 1 aromatic heterocycles. The highest BCUT2D eigenvalue weighted by molar-refractivity contribution is 6.32. The van der Waals surface area contributed by atoms with Crippen molar-refractivity contribution >= 4 is 23.3 Å². The highest BCUT2D eigenvalue weighted by Gasteiger charge is 2.29. The van der Waals surface area contributed by atoms with Crippen molar-refractivity contribution < 1.29 is 19.1 Å². The van der Waals surface area contributed by atoms with Crippen molar-refractivity contribution in [2.75, 3.05) is 26.3 Å². The molecule has 0 saturated carbocycles. The normalized spacial score (nSPS) is 16.1. The molecule has 0 spiro atoms. The quantitative estimate of drug-likeness (QED) is 0.560. The van der Waals surface area contributed by atoms with Crippen LogP contribution < -0.4 is 9.47 Å². The summed E-state index contributed by atoms with van der Waals surface area (Å²) in [6, 6.07) is 12.7. The number of rotatable bonds is 4. The molecule has 7 nitrogen and oxygen atoms in total. The number of hydrogen-bond acceptors (Lipinski definition) is 5. The van der Waals surface area contributed by atoms with Gasteiger partial charge in [-0.25, -0.2) is 4.68 Å². The second-order valence-electron chi connectivity index (χ2n) is 7.91. The fourth-order valence-electron chi connectivity index (χ4n) is 4.16. The number of likely N-dealkylation sites (tertiary alicyclic amines) is 1. The summed E-state index contributed by atoms with van der Waals surface area (Å²) in [6.07, 6.45) is 4.49. The minimum atomic E-state index is -0.118. The molecule has 2 aliphatic rings. The standard InChI is InChI=1S/C24H22ClN3O4/c25-19-3-1-2-4-20(19)28-15-18(14-26-28)24(30)27-9-7-16(8-10-27)23(29)17-5-6-21-22(13-17)32-12-11-31-21/h1-6,13-16H,7-12H2. The summed E-state index contributed by atoms with van der Waals surface area (Å²) < 4.78 is 12.7. The number of amides is 1. The fourth-order valence-corrected chi connectivity index (χ4v) is 4.38. The van der Waals surface area contributed by atoms with Crippen molar-refractivity contribution in [1.29, 1.82) is 0 Å². The smallest absolute Gasteiger partial charge is 0.257 e. The summed E-state index contributed by atoms with van der Waals surface area (Å²) in [6.45, 7) is 2.05. The second kappa shape index (κ2) is 8.67. The van der Waals surface area contributed by atoms with Gasteiger partial charge in [-0.2, -0.15) is 5.10 Å². The van der Waals surface area contributed by atoms with E-state index in [2.05, 4.69) is 5.10 Å². The molecule has 3 aromatic rings. The van der Waals surface area contributed by atoms with Crippen molar-refractivity contribution in [3.63, 3.8) is 0 Å². The molecule has 1 saturated heterocycles. The number of ether oxygens (including phenoxy) is 2. The van der Waals surface area contributed by atoms with Crippen LogP contribution in [-0.2, 0) is 0 Å². The number of benzene rings is 2. The number of carbonyl (C=O) groups excluding carboxylic acids is 2. The third-order valence-electron chi connectivity index (χ3n) is 5.91. The minimum Gasteiger partial charge on any atom is -0.486 e. The summed E-state index contributed by atoms with van der Waals surface area (Å²) in [5.74, 6) is 1.16. The van der Waals surface area contributed by atoms with Gasteiger partial charge in [-0.1, -0.05) is 23.7 Å². The molecule has 0 radical (unpaired) electrons. The highest BCUT2D eigenvalue weighted by atomic mass is 35.5. The third-order valence-corrected chi connectivity index (χ3v) is 6.23. The van der Waals surface area contributed by atoms with Crippen molar-refractivity contribution in [2.24, 2.45) is 5.92 Å². The van der Waals surface area contributed by atoms with Crippen LogP contribution >= 0.6 is 11.6 Å². The maximum atomic E-state index is 13.0. The Bertz CT molecular complexity index is 1170. The van der Waals surface area contributed by atoms with E-state index >= 15 is 0 Å². The lowest BCUT2D eigenvalue weighted by atomic mass is 9.88. The first-order chi connectivity index (χ1) is 15.6. The van der Waals surface area contributed by atoms with Crippen molar-refractivity contribution in [2.45, 2.75) is 12.8 Å². The molecule has 1 fully saturated rings. The largest absolute Gasteiger partial charge is 0.486 e. The second-order valence-corrected chi connectivity index (χ2v) is 8.32. The van der Waals surface area contributed by atoms with Crippen molar-refractivity contribution in [3.05, 3.63) is 71.0 Å².